The molecule has 1 aromatic carbocycles. The summed E-state index contributed by atoms with van der Waals surface area (Å²) in [5.74, 6) is 1.39. The highest BCUT2D eigenvalue weighted by atomic mass is 16.5. The van der Waals surface area contributed by atoms with E-state index in [0.29, 0.717) is 12.5 Å². The van der Waals surface area contributed by atoms with Gasteiger partial charge in [-0.15, -0.1) is 0 Å². The van der Waals surface area contributed by atoms with Crippen LogP contribution in [0.5, 0.6) is 5.75 Å². The molecule has 1 rings (SSSR count). The van der Waals surface area contributed by atoms with Gasteiger partial charge in [0.1, 0.15) is 5.75 Å². The van der Waals surface area contributed by atoms with E-state index in [1.807, 2.05) is 6.07 Å². The molecule has 0 atom stereocenters. The van der Waals surface area contributed by atoms with Crippen LogP contribution in [-0.4, -0.2) is 26.2 Å². The molecule has 0 spiro atoms. The predicted octanol–water partition coefficient (Wildman–Crippen LogP) is 2.99. The number of likely N-dealkylation sites (N-methyl/N-ethyl adjacent to an activating group) is 1. The van der Waals surface area contributed by atoms with Crippen molar-refractivity contribution in [3.63, 3.8) is 0 Å². The fourth-order valence-electron chi connectivity index (χ4n) is 1.87. The molecule has 0 bridgehead atoms. The number of hydrogen-bond donors (Lipinski definition) is 1. The number of anilines is 1. The van der Waals surface area contributed by atoms with Crippen molar-refractivity contribution in [3.8, 4) is 5.75 Å². The van der Waals surface area contributed by atoms with Gasteiger partial charge >= 0.3 is 0 Å². The number of hydrogen-bond acceptors (Lipinski definition) is 3. The van der Waals surface area contributed by atoms with Crippen molar-refractivity contribution >= 4 is 5.69 Å². The van der Waals surface area contributed by atoms with Crippen molar-refractivity contribution in [2.45, 2.75) is 39.2 Å². The summed E-state index contributed by atoms with van der Waals surface area (Å²) < 4.78 is 5.41. The van der Waals surface area contributed by atoms with E-state index in [0.717, 1.165) is 5.75 Å². The van der Waals surface area contributed by atoms with Crippen LogP contribution in [0, 0.1) is 0 Å². The molecule has 18 heavy (non-hydrogen) atoms. The van der Waals surface area contributed by atoms with Crippen molar-refractivity contribution in [3.05, 3.63) is 23.8 Å². The molecule has 3 heteroatoms. The number of rotatable bonds is 5. The summed E-state index contributed by atoms with van der Waals surface area (Å²) in [6.07, 6.45) is 0. The van der Waals surface area contributed by atoms with Crippen molar-refractivity contribution in [2.24, 2.45) is 5.73 Å². The fourth-order valence-corrected chi connectivity index (χ4v) is 1.87. The topological polar surface area (TPSA) is 38.5 Å². The normalized spacial score (nSPS) is 11.8. The van der Waals surface area contributed by atoms with Gasteiger partial charge in [-0.05, 0) is 43.5 Å². The van der Waals surface area contributed by atoms with Crippen LogP contribution in [0.4, 0.5) is 5.69 Å². The average Bonchev–Trinajstić information content (AvgIpc) is 2.36. The van der Waals surface area contributed by atoms with E-state index in [-0.39, 0.29) is 5.54 Å². The van der Waals surface area contributed by atoms with Crippen molar-refractivity contribution in [1.29, 1.82) is 0 Å². The lowest BCUT2D eigenvalue weighted by Crippen LogP contribution is -2.47. The van der Waals surface area contributed by atoms with Crippen molar-refractivity contribution < 1.29 is 4.74 Å². The highest BCUT2D eigenvalue weighted by Gasteiger charge is 2.22. The smallest absolute Gasteiger partial charge is 0.122 e. The molecule has 0 amide bonds. The molecular weight excluding hydrogens is 224 g/mol. The Balaban J connectivity index is 3.16. The van der Waals surface area contributed by atoms with E-state index in [9.17, 15) is 0 Å². The van der Waals surface area contributed by atoms with Gasteiger partial charge in [-0.25, -0.2) is 0 Å². The minimum absolute atomic E-state index is 0.0527. The lowest BCUT2D eigenvalue weighted by atomic mass is 9.98. The molecule has 102 valence electrons. The lowest BCUT2D eigenvalue weighted by Gasteiger charge is -2.37. The Morgan fingerprint density at radius 1 is 1.33 bits per heavy atom. The van der Waals surface area contributed by atoms with Gasteiger partial charge in [-0.3, -0.25) is 0 Å². The Morgan fingerprint density at radius 2 is 1.94 bits per heavy atom. The molecule has 0 saturated carbocycles. The summed E-state index contributed by atoms with van der Waals surface area (Å²) >= 11 is 0. The number of nitrogens with zero attached hydrogens (tertiary/aromatic N) is 1. The Hall–Kier alpha value is -1.22. The van der Waals surface area contributed by atoms with Gasteiger partial charge in [0.05, 0.1) is 7.11 Å². The Labute approximate surface area is 111 Å². The molecule has 0 aromatic heterocycles. The number of benzene rings is 1. The molecule has 0 fully saturated rings. The van der Waals surface area contributed by atoms with Gasteiger partial charge in [0.2, 0.25) is 0 Å². The third kappa shape index (κ3) is 2.96. The van der Waals surface area contributed by atoms with E-state index in [1.54, 1.807) is 7.11 Å². The predicted molar refractivity (Wildman–Crippen MR) is 78.6 cm³/mol. The minimum Gasteiger partial charge on any atom is -0.496 e. The van der Waals surface area contributed by atoms with Crippen LogP contribution in [0.2, 0.25) is 0 Å². The van der Waals surface area contributed by atoms with Crippen LogP contribution in [0.25, 0.3) is 0 Å². The third-order valence-corrected chi connectivity index (χ3v) is 3.63. The van der Waals surface area contributed by atoms with E-state index < -0.39 is 0 Å². The molecule has 0 radical (unpaired) electrons. The number of methoxy groups -OCH3 is 1. The molecular formula is C15H26N2O. The van der Waals surface area contributed by atoms with Gasteiger partial charge in [0.25, 0.3) is 0 Å². The molecule has 0 aliphatic carbocycles. The van der Waals surface area contributed by atoms with E-state index >= 15 is 0 Å². The zero-order valence-corrected chi connectivity index (χ0v) is 12.4. The number of ether oxygens (including phenoxy) is 1. The molecule has 0 aliphatic heterocycles. The summed E-state index contributed by atoms with van der Waals surface area (Å²) in [5, 5.41) is 0. The molecule has 0 unspecified atom stereocenters. The zero-order valence-electron chi connectivity index (χ0n) is 12.4. The number of nitrogens with two attached hydrogens (primary N) is 1. The highest BCUT2D eigenvalue weighted by molar-refractivity contribution is 5.55. The largest absolute Gasteiger partial charge is 0.496 e. The van der Waals surface area contributed by atoms with Gasteiger partial charge < -0.3 is 15.4 Å². The van der Waals surface area contributed by atoms with Gasteiger partial charge in [-0.2, -0.15) is 0 Å². The van der Waals surface area contributed by atoms with Crippen LogP contribution in [0.15, 0.2) is 18.2 Å². The minimum atomic E-state index is -0.0527. The van der Waals surface area contributed by atoms with Crippen LogP contribution < -0.4 is 15.4 Å². The second-order valence-corrected chi connectivity index (χ2v) is 5.66. The zero-order chi connectivity index (χ0) is 13.9. The third-order valence-electron chi connectivity index (χ3n) is 3.63. The summed E-state index contributed by atoms with van der Waals surface area (Å²) in [5.41, 5.74) is 8.19. The molecule has 2 N–H and O–H groups in total. The maximum atomic E-state index is 5.83. The van der Waals surface area contributed by atoms with E-state index in [2.05, 4.69) is 51.8 Å². The Kier molecular flexibility index (Phi) is 4.63. The lowest BCUT2D eigenvalue weighted by molar-refractivity contribution is 0.407. The molecule has 0 aliphatic rings. The first-order chi connectivity index (χ1) is 8.33. The SMILES string of the molecule is COc1ccc(N(C)C(C)(C)CN)cc1C(C)C. The van der Waals surface area contributed by atoms with Gasteiger partial charge in [0.15, 0.2) is 0 Å². The summed E-state index contributed by atoms with van der Waals surface area (Å²) in [4.78, 5) is 2.22. The first kappa shape index (κ1) is 14.8. The maximum Gasteiger partial charge on any atom is 0.122 e. The van der Waals surface area contributed by atoms with E-state index in [4.69, 9.17) is 10.5 Å². The molecule has 1 aromatic rings. The highest BCUT2D eigenvalue weighted by Crippen LogP contribution is 2.32. The second-order valence-electron chi connectivity index (χ2n) is 5.66. The van der Waals surface area contributed by atoms with Gasteiger partial charge in [-0.1, -0.05) is 13.8 Å². The average molecular weight is 250 g/mol. The summed E-state index contributed by atoms with van der Waals surface area (Å²) in [6, 6.07) is 6.32. The first-order valence-corrected chi connectivity index (χ1v) is 6.45. The van der Waals surface area contributed by atoms with Crippen LogP contribution in [0.3, 0.4) is 0 Å². The summed E-state index contributed by atoms with van der Waals surface area (Å²) in [7, 11) is 3.80. The fraction of sp³-hybridized carbons (Fsp3) is 0.600. The van der Waals surface area contributed by atoms with Crippen LogP contribution in [0.1, 0.15) is 39.2 Å². The van der Waals surface area contributed by atoms with E-state index in [1.165, 1.54) is 11.3 Å². The summed E-state index contributed by atoms with van der Waals surface area (Å²) in [6.45, 7) is 9.26. The second kappa shape index (κ2) is 5.61. The standard InChI is InChI=1S/C15H26N2O/c1-11(2)13-9-12(7-8-14(13)18-6)17(5)15(3,4)10-16/h7-9,11H,10,16H2,1-6H3. The first-order valence-electron chi connectivity index (χ1n) is 6.45. The molecule has 0 saturated heterocycles. The van der Waals surface area contributed by atoms with Crippen molar-refractivity contribution in [1.82, 2.24) is 0 Å². The Bertz CT molecular complexity index is 399. The monoisotopic (exact) mass is 250 g/mol. The maximum absolute atomic E-state index is 5.83. The Morgan fingerprint density at radius 3 is 2.39 bits per heavy atom. The van der Waals surface area contributed by atoms with Crippen LogP contribution in [-0.2, 0) is 0 Å². The quantitative estimate of drug-likeness (QED) is 0.873. The molecule has 3 nitrogen and oxygen atoms in total. The van der Waals surface area contributed by atoms with Crippen LogP contribution >= 0.6 is 0 Å². The molecule has 0 heterocycles. The van der Waals surface area contributed by atoms with Gasteiger partial charge in [0, 0.05) is 24.8 Å². The van der Waals surface area contributed by atoms with Crippen molar-refractivity contribution in [2.75, 3.05) is 25.6 Å².